The van der Waals surface area contributed by atoms with E-state index in [1.807, 2.05) is 6.07 Å². The maximum Gasteiger partial charge on any atom is 0.224 e. The zero-order valence-electron chi connectivity index (χ0n) is 11.4. The first-order valence-electron chi connectivity index (χ1n) is 6.78. The predicted octanol–water partition coefficient (Wildman–Crippen LogP) is 2.79. The van der Waals surface area contributed by atoms with Crippen LogP contribution in [0.25, 0.3) is 0 Å². The predicted molar refractivity (Wildman–Crippen MR) is 75.0 cm³/mol. The maximum atomic E-state index is 12.8. The number of pyridine rings is 2. The van der Waals surface area contributed by atoms with Crippen LogP contribution in [-0.4, -0.2) is 22.9 Å². The topological polar surface area (TPSA) is 52.1 Å². The second-order valence-corrected chi connectivity index (χ2v) is 4.92. The molecule has 20 heavy (non-hydrogen) atoms. The summed E-state index contributed by atoms with van der Waals surface area (Å²) in [6.07, 6.45) is 6.23. The van der Waals surface area contributed by atoms with Crippen molar-refractivity contribution in [3.05, 3.63) is 53.5 Å². The summed E-state index contributed by atoms with van der Waals surface area (Å²) < 4.78 is 5.19. The van der Waals surface area contributed by atoms with E-state index in [4.69, 9.17) is 4.74 Å². The Balaban J connectivity index is 2.00. The number of aryl methyl sites for hydroxylation is 1. The molecule has 0 aliphatic heterocycles. The molecule has 3 rings (SSSR count). The SMILES string of the molecule is COc1ncccc1C(=O)C1CCCc2cccnc21. The molecule has 4 heteroatoms. The third-order valence-electron chi connectivity index (χ3n) is 3.74. The van der Waals surface area contributed by atoms with Crippen molar-refractivity contribution in [3.63, 3.8) is 0 Å². The van der Waals surface area contributed by atoms with E-state index >= 15 is 0 Å². The van der Waals surface area contributed by atoms with Crippen LogP contribution < -0.4 is 4.74 Å². The van der Waals surface area contributed by atoms with E-state index < -0.39 is 0 Å². The number of rotatable bonds is 3. The van der Waals surface area contributed by atoms with Gasteiger partial charge in [-0.1, -0.05) is 6.07 Å². The molecule has 2 aromatic rings. The summed E-state index contributed by atoms with van der Waals surface area (Å²) in [5, 5.41) is 0. The molecule has 1 unspecified atom stereocenters. The van der Waals surface area contributed by atoms with Crippen molar-refractivity contribution in [2.24, 2.45) is 0 Å². The molecule has 1 aliphatic rings. The molecule has 0 N–H and O–H groups in total. The summed E-state index contributed by atoms with van der Waals surface area (Å²) in [6.45, 7) is 0. The van der Waals surface area contributed by atoms with Crippen LogP contribution in [0.3, 0.4) is 0 Å². The van der Waals surface area contributed by atoms with Gasteiger partial charge in [0.2, 0.25) is 5.88 Å². The van der Waals surface area contributed by atoms with Gasteiger partial charge in [0.25, 0.3) is 0 Å². The number of hydrogen-bond acceptors (Lipinski definition) is 4. The summed E-state index contributed by atoms with van der Waals surface area (Å²) in [4.78, 5) is 21.3. The van der Waals surface area contributed by atoms with Crippen molar-refractivity contribution in [2.75, 3.05) is 7.11 Å². The largest absolute Gasteiger partial charge is 0.480 e. The molecule has 1 aliphatic carbocycles. The van der Waals surface area contributed by atoms with Gasteiger partial charge in [-0.25, -0.2) is 4.98 Å². The highest BCUT2D eigenvalue weighted by molar-refractivity contribution is 6.02. The molecular weight excluding hydrogens is 252 g/mol. The third kappa shape index (κ3) is 2.18. The fourth-order valence-electron chi connectivity index (χ4n) is 2.79. The molecule has 0 radical (unpaired) electrons. The van der Waals surface area contributed by atoms with Crippen LogP contribution in [0.1, 0.15) is 40.4 Å². The number of methoxy groups -OCH3 is 1. The van der Waals surface area contributed by atoms with Crippen LogP contribution >= 0.6 is 0 Å². The van der Waals surface area contributed by atoms with Crippen molar-refractivity contribution in [1.29, 1.82) is 0 Å². The molecule has 0 bridgehead atoms. The molecule has 2 heterocycles. The fraction of sp³-hybridized carbons (Fsp3) is 0.312. The zero-order chi connectivity index (χ0) is 13.9. The second-order valence-electron chi connectivity index (χ2n) is 4.92. The number of nitrogens with zero attached hydrogens (tertiary/aromatic N) is 2. The Morgan fingerprint density at radius 3 is 2.90 bits per heavy atom. The second kappa shape index (κ2) is 5.41. The average Bonchev–Trinajstić information content (AvgIpc) is 2.53. The summed E-state index contributed by atoms with van der Waals surface area (Å²) in [5.74, 6) is 0.258. The smallest absolute Gasteiger partial charge is 0.224 e. The molecule has 0 saturated heterocycles. The highest BCUT2D eigenvalue weighted by Crippen LogP contribution is 2.33. The fourth-order valence-corrected chi connectivity index (χ4v) is 2.79. The molecule has 0 spiro atoms. The lowest BCUT2D eigenvalue weighted by Gasteiger charge is -2.23. The monoisotopic (exact) mass is 268 g/mol. The number of fused-ring (bicyclic) bond motifs is 1. The molecule has 4 nitrogen and oxygen atoms in total. The Morgan fingerprint density at radius 1 is 1.25 bits per heavy atom. The molecule has 102 valence electrons. The van der Waals surface area contributed by atoms with Crippen molar-refractivity contribution < 1.29 is 9.53 Å². The molecule has 1 atom stereocenters. The summed E-state index contributed by atoms with van der Waals surface area (Å²) in [7, 11) is 1.53. The van der Waals surface area contributed by atoms with Gasteiger partial charge < -0.3 is 4.74 Å². The summed E-state index contributed by atoms with van der Waals surface area (Å²) >= 11 is 0. The van der Waals surface area contributed by atoms with Crippen LogP contribution in [0, 0.1) is 0 Å². The Hall–Kier alpha value is -2.23. The Labute approximate surface area is 117 Å². The lowest BCUT2D eigenvalue weighted by molar-refractivity contribution is 0.0945. The number of ketones is 1. The number of Topliss-reactive ketones (excluding diaryl/α,β-unsaturated/α-hetero) is 1. The van der Waals surface area contributed by atoms with Crippen molar-refractivity contribution in [1.82, 2.24) is 9.97 Å². The molecule has 0 saturated carbocycles. The number of hydrogen-bond donors (Lipinski definition) is 0. The van der Waals surface area contributed by atoms with Gasteiger partial charge in [-0.05, 0) is 43.0 Å². The third-order valence-corrected chi connectivity index (χ3v) is 3.74. The van der Waals surface area contributed by atoms with Gasteiger partial charge in [-0.3, -0.25) is 9.78 Å². The number of aromatic nitrogens is 2. The van der Waals surface area contributed by atoms with Gasteiger partial charge in [0.1, 0.15) is 0 Å². The standard InChI is InChI=1S/C16H16N2O2/c1-20-16-13(8-4-10-18-16)15(19)12-7-2-5-11-6-3-9-17-14(11)12/h3-4,6,8-10,12H,2,5,7H2,1H3. The summed E-state index contributed by atoms with van der Waals surface area (Å²) in [6, 6.07) is 7.52. The Bertz CT molecular complexity index is 640. The van der Waals surface area contributed by atoms with E-state index in [1.54, 1.807) is 24.5 Å². The number of carbonyl (C=O) groups excluding carboxylic acids is 1. The highest BCUT2D eigenvalue weighted by atomic mass is 16.5. The first-order valence-corrected chi connectivity index (χ1v) is 6.78. The molecule has 0 aromatic carbocycles. The van der Waals surface area contributed by atoms with Gasteiger partial charge in [-0.2, -0.15) is 0 Å². The molecular formula is C16H16N2O2. The van der Waals surface area contributed by atoms with E-state index in [-0.39, 0.29) is 11.7 Å². The van der Waals surface area contributed by atoms with Gasteiger partial charge in [0.05, 0.1) is 24.3 Å². The lowest BCUT2D eigenvalue weighted by Crippen LogP contribution is -2.20. The maximum absolute atomic E-state index is 12.8. The summed E-state index contributed by atoms with van der Waals surface area (Å²) in [5.41, 5.74) is 2.63. The quantitative estimate of drug-likeness (QED) is 0.803. The van der Waals surface area contributed by atoms with Gasteiger partial charge in [0, 0.05) is 12.4 Å². The zero-order valence-corrected chi connectivity index (χ0v) is 11.4. The Morgan fingerprint density at radius 2 is 2.05 bits per heavy atom. The van der Waals surface area contributed by atoms with Gasteiger partial charge >= 0.3 is 0 Å². The minimum absolute atomic E-state index is 0.0506. The van der Waals surface area contributed by atoms with Crippen LogP contribution in [0.4, 0.5) is 0 Å². The highest BCUT2D eigenvalue weighted by Gasteiger charge is 2.30. The first kappa shape index (κ1) is 12.8. The van der Waals surface area contributed by atoms with Crippen molar-refractivity contribution in [2.45, 2.75) is 25.2 Å². The first-order chi connectivity index (χ1) is 9.81. The lowest BCUT2D eigenvalue weighted by atomic mass is 9.82. The van der Waals surface area contributed by atoms with E-state index in [9.17, 15) is 4.79 Å². The Kier molecular flexibility index (Phi) is 3.46. The van der Waals surface area contributed by atoms with E-state index in [2.05, 4.69) is 16.0 Å². The van der Waals surface area contributed by atoms with Crippen LogP contribution in [0.15, 0.2) is 36.7 Å². The minimum atomic E-state index is -0.182. The van der Waals surface area contributed by atoms with E-state index in [0.29, 0.717) is 11.4 Å². The van der Waals surface area contributed by atoms with Crippen LogP contribution in [0.5, 0.6) is 5.88 Å². The van der Waals surface area contributed by atoms with Crippen molar-refractivity contribution in [3.8, 4) is 5.88 Å². The van der Waals surface area contributed by atoms with Crippen LogP contribution in [0.2, 0.25) is 0 Å². The normalized spacial score (nSPS) is 17.4. The van der Waals surface area contributed by atoms with E-state index in [0.717, 1.165) is 25.0 Å². The van der Waals surface area contributed by atoms with Gasteiger partial charge in [-0.15, -0.1) is 0 Å². The molecule has 0 fully saturated rings. The van der Waals surface area contributed by atoms with Crippen molar-refractivity contribution >= 4 is 5.78 Å². The minimum Gasteiger partial charge on any atom is -0.480 e. The average molecular weight is 268 g/mol. The molecule has 2 aromatic heterocycles. The van der Waals surface area contributed by atoms with E-state index in [1.165, 1.54) is 12.7 Å². The molecule has 0 amide bonds. The number of carbonyl (C=O) groups is 1. The number of ether oxygens (including phenoxy) is 1. The van der Waals surface area contributed by atoms with Crippen LogP contribution in [-0.2, 0) is 6.42 Å². The van der Waals surface area contributed by atoms with Gasteiger partial charge in [0.15, 0.2) is 5.78 Å².